The molecule has 1 atom stereocenters. The van der Waals surface area contributed by atoms with Gasteiger partial charge in [0, 0.05) is 32.0 Å². The number of amides is 2. The lowest BCUT2D eigenvalue weighted by Crippen LogP contribution is -2.53. The van der Waals surface area contributed by atoms with Crippen molar-refractivity contribution < 1.29 is 14.3 Å². The number of hydrogen-bond donors (Lipinski definition) is 0. The van der Waals surface area contributed by atoms with Crippen LogP contribution in [0.2, 0.25) is 0 Å². The molecule has 2 aromatic heterocycles. The van der Waals surface area contributed by atoms with E-state index in [0.29, 0.717) is 37.6 Å². The van der Waals surface area contributed by atoms with E-state index in [1.54, 1.807) is 33.5 Å². The Morgan fingerprint density at radius 3 is 2.87 bits per heavy atom. The highest BCUT2D eigenvalue weighted by Crippen LogP contribution is 2.22. The average molecular weight is 330 g/mol. The predicted octanol–water partition coefficient (Wildman–Crippen LogP) is 1.48. The monoisotopic (exact) mass is 330 g/mol. The maximum atomic E-state index is 12.6. The highest BCUT2D eigenvalue weighted by atomic mass is 32.1. The fourth-order valence-corrected chi connectivity index (χ4v) is 3.50. The molecule has 0 N–H and O–H groups in total. The molecule has 23 heavy (non-hydrogen) atoms. The second kappa shape index (κ2) is 5.62. The molecule has 118 valence electrons. The third-order valence-corrected chi connectivity index (χ3v) is 4.91. The molecule has 2 saturated heterocycles. The van der Waals surface area contributed by atoms with Crippen LogP contribution in [0.1, 0.15) is 10.4 Å². The molecule has 0 radical (unpaired) electrons. The largest absolute Gasteiger partial charge is 0.447 e. The predicted molar refractivity (Wildman–Crippen MR) is 83.1 cm³/mol. The summed E-state index contributed by atoms with van der Waals surface area (Å²) in [6.07, 6.45) is 2.84. The summed E-state index contributed by atoms with van der Waals surface area (Å²) >= 11 is 1.56. The first kappa shape index (κ1) is 14.1. The van der Waals surface area contributed by atoms with Gasteiger partial charge in [-0.05, 0) is 11.4 Å². The van der Waals surface area contributed by atoms with Gasteiger partial charge in [0.15, 0.2) is 5.82 Å². The number of carbonyl (C=O) groups is 2. The minimum atomic E-state index is -0.286. The van der Waals surface area contributed by atoms with Crippen LogP contribution in [-0.4, -0.2) is 64.1 Å². The minimum absolute atomic E-state index is 0.0495. The van der Waals surface area contributed by atoms with E-state index < -0.39 is 0 Å². The summed E-state index contributed by atoms with van der Waals surface area (Å²) < 4.78 is 5.02. The molecule has 8 heteroatoms. The standard InChI is InChI=1S/C15H14N4O3S/c20-14(18-3-4-19-11(8-18)9-22-15(19)21)10-6-16-13(17-7-10)12-2-1-5-23-12/h1-2,5-7,11H,3-4,8-9H2. The minimum Gasteiger partial charge on any atom is -0.447 e. The molecule has 0 aliphatic carbocycles. The van der Waals surface area contributed by atoms with Gasteiger partial charge in [0.2, 0.25) is 0 Å². The lowest BCUT2D eigenvalue weighted by atomic mass is 10.1. The third-order valence-electron chi connectivity index (χ3n) is 4.04. The van der Waals surface area contributed by atoms with Gasteiger partial charge in [-0.25, -0.2) is 14.8 Å². The van der Waals surface area contributed by atoms with Gasteiger partial charge < -0.3 is 9.64 Å². The van der Waals surface area contributed by atoms with Crippen molar-refractivity contribution in [2.75, 3.05) is 26.2 Å². The average Bonchev–Trinajstić information content (AvgIpc) is 3.24. The fraction of sp³-hybridized carbons (Fsp3) is 0.333. The Balaban J connectivity index is 1.48. The van der Waals surface area contributed by atoms with Gasteiger partial charge >= 0.3 is 6.09 Å². The first-order valence-corrected chi connectivity index (χ1v) is 8.19. The van der Waals surface area contributed by atoms with Crippen LogP contribution in [0.15, 0.2) is 29.9 Å². The molecule has 2 aromatic rings. The molecule has 2 fully saturated rings. The number of ether oxygens (including phenoxy) is 1. The topological polar surface area (TPSA) is 75.6 Å². The van der Waals surface area contributed by atoms with Crippen LogP contribution in [0.3, 0.4) is 0 Å². The number of nitrogens with zero attached hydrogens (tertiary/aromatic N) is 4. The SMILES string of the molecule is O=C(c1cnc(-c2cccs2)nc1)N1CCN2C(=O)OCC2C1. The Bertz CT molecular complexity index is 732. The number of piperazine rings is 1. The Labute approximate surface area is 136 Å². The number of fused-ring (bicyclic) bond motifs is 1. The second-order valence-corrected chi connectivity index (χ2v) is 6.40. The molecule has 2 amide bonds. The van der Waals surface area contributed by atoms with E-state index in [2.05, 4.69) is 9.97 Å². The van der Waals surface area contributed by atoms with Crippen LogP contribution in [0.5, 0.6) is 0 Å². The summed E-state index contributed by atoms with van der Waals surface area (Å²) in [5, 5.41) is 1.96. The molecule has 2 aliphatic rings. The van der Waals surface area contributed by atoms with Crippen molar-refractivity contribution in [3.63, 3.8) is 0 Å². The van der Waals surface area contributed by atoms with Crippen molar-refractivity contribution in [2.24, 2.45) is 0 Å². The summed E-state index contributed by atoms with van der Waals surface area (Å²) in [5.74, 6) is 0.512. The van der Waals surface area contributed by atoms with E-state index in [0.717, 1.165) is 4.88 Å². The lowest BCUT2D eigenvalue weighted by Gasteiger charge is -2.35. The van der Waals surface area contributed by atoms with Crippen LogP contribution in [0.25, 0.3) is 10.7 Å². The second-order valence-electron chi connectivity index (χ2n) is 5.45. The zero-order chi connectivity index (χ0) is 15.8. The Morgan fingerprint density at radius 1 is 1.30 bits per heavy atom. The number of cyclic esters (lactones) is 1. The maximum Gasteiger partial charge on any atom is 0.410 e. The summed E-state index contributed by atoms with van der Waals surface area (Å²) in [6.45, 7) is 1.83. The van der Waals surface area contributed by atoms with Gasteiger partial charge in [-0.15, -0.1) is 11.3 Å². The number of aromatic nitrogens is 2. The Kier molecular flexibility index (Phi) is 3.45. The molecule has 0 bridgehead atoms. The van der Waals surface area contributed by atoms with Gasteiger partial charge in [-0.1, -0.05) is 6.07 Å². The lowest BCUT2D eigenvalue weighted by molar-refractivity contribution is 0.0616. The number of hydrogen-bond acceptors (Lipinski definition) is 6. The van der Waals surface area contributed by atoms with Gasteiger partial charge in [-0.3, -0.25) is 9.69 Å². The zero-order valence-corrected chi connectivity index (χ0v) is 13.0. The van der Waals surface area contributed by atoms with Crippen molar-refractivity contribution in [1.82, 2.24) is 19.8 Å². The summed E-state index contributed by atoms with van der Waals surface area (Å²) in [5.41, 5.74) is 0.462. The molecule has 0 aromatic carbocycles. The molecule has 0 spiro atoms. The highest BCUT2D eigenvalue weighted by Gasteiger charge is 2.38. The number of rotatable bonds is 2. The quantitative estimate of drug-likeness (QED) is 0.834. The molecule has 0 saturated carbocycles. The molecule has 1 unspecified atom stereocenters. The zero-order valence-electron chi connectivity index (χ0n) is 12.2. The molecule has 7 nitrogen and oxygen atoms in total. The summed E-state index contributed by atoms with van der Waals surface area (Å²) in [4.78, 5) is 37.0. The summed E-state index contributed by atoms with van der Waals surface area (Å²) in [6, 6.07) is 3.83. The van der Waals surface area contributed by atoms with E-state index >= 15 is 0 Å². The molecular weight excluding hydrogens is 316 g/mol. The Morgan fingerprint density at radius 2 is 2.13 bits per heavy atom. The van der Waals surface area contributed by atoms with Gasteiger partial charge in [0.05, 0.1) is 16.5 Å². The van der Waals surface area contributed by atoms with E-state index in [-0.39, 0.29) is 18.0 Å². The third kappa shape index (κ3) is 2.55. The number of thiophene rings is 1. The van der Waals surface area contributed by atoms with E-state index in [1.807, 2.05) is 17.5 Å². The fourth-order valence-electron chi connectivity index (χ4n) is 2.83. The highest BCUT2D eigenvalue weighted by molar-refractivity contribution is 7.13. The van der Waals surface area contributed by atoms with E-state index in [9.17, 15) is 9.59 Å². The molecule has 2 aliphatic heterocycles. The van der Waals surface area contributed by atoms with Crippen LogP contribution in [0.4, 0.5) is 4.79 Å². The molecule has 4 rings (SSSR count). The first-order valence-electron chi connectivity index (χ1n) is 7.31. The van der Waals surface area contributed by atoms with E-state index in [4.69, 9.17) is 4.74 Å². The molecular formula is C15H14N4O3S. The normalized spacial score (nSPS) is 20.3. The summed E-state index contributed by atoms with van der Waals surface area (Å²) in [7, 11) is 0. The van der Waals surface area contributed by atoms with Crippen molar-refractivity contribution in [2.45, 2.75) is 6.04 Å². The van der Waals surface area contributed by atoms with Crippen molar-refractivity contribution >= 4 is 23.3 Å². The van der Waals surface area contributed by atoms with E-state index in [1.165, 1.54) is 0 Å². The first-order chi connectivity index (χ1) is 11.2. The van der Waals surface area contributed by atoms with Crippen LogP contribution in [-0.2, 0) is 4.74 Å². The molecule has 4 heterocycles. The number of carbonyl (C=O) groups excluding carboxylic acids is 2. The van der Waals surface area contributed by atoms with Gasteiger partial charge in [0.1, 0.15) is 6.61 Å². The van der Waals surface area contributed by atoms with Gasteiger partial charge in [-0.2, -0.15) is 0 Å². The van der Waals surface area contributed by atoms with Crippen LogP contribution in [0, 0.1) is 0 Å². The van der Waals surface area contributed by atoms with Crippen LogP contribution >= 0.6 is 11.3 Å². The van der Waals surface area contributed by atoms with Gasteiger partial charge in [0.25, 0.3) is 5.91 Å². The van der Waals surface area contributed by atoms with Crippen molar-refractivity contribution in [1.29, 1.82) is 0 Å². The van der Waals surface area contributed by atoms with Crippen LogP contribution < -0.4 is 0 Å². The smallest absolute Gasteiger partial charge is 0.410 e. The maximum absolute atomic E-state index is 12.6. The van der Waals surface area contributed by atoms with Crippen molar-refractivity contribution in [3.8, 4) is 10.7 Å². The Hall–Kier alpha value is -2.48. The van der Waals surface area contributed by atoms with Crippen molar-refractivity contribution in [3.05, 3.63) is 35.5 Å².